The summed E-state index contributed by atoms with van der Waals surface area (Å²) in [6, 6.07) is 5.13. The van der Waals surface area contributed by atoms with Gasteiger partial charge in [0.05, 0.1) is 18.4 Å². The van der Waals surface area contributed by atoms with Crippen LogP contribution in [0.15, 0.2) is 29.5 Å². The molecular weight excluding hydrogens is 438 g/mol. The molecule has 11 heteroatoms. The van der Waals surface area contributed by atoms with Gasteiger partial charge in [-0.05, 0) is 19.1 Å². The van der Waals surface area contributed by atoms with Gasteiger partial charge in [0, 0.05) is 51.0 Å². The third-order valence-corrected chi connectivity index (χ3v) is 6.19. The van der Waals surface area contributed by atoms with Crippen LogP contribution in [0.25, 0.3) is 0 Å². The highest BCUT2D eigenvalue weighted by atomic mass is 16.5. The topological polar surface area (TPSA) is 121 Å². The van der Waals surface area contributed by atoms with Crippen molar-refractivity contribution in [2.45, 2.75) is 18.9 Å². The Balaban J connectivity index is 1.52. The zero-order chi connectivity index (χ0) is 23.7. The van der Waals surface area contributed by atoms with Gasteiger partial charge in [-0.15, -0.1) is 0 Å². The number of nitrogens with one attached hydrogen (secondary N) is 2. The van der Waals surface area contributed by atoms with Crippen LogP contribution in [-0.4, -0.2) is 85.4 Å². The van der Waals surface area contributed by atoms with Crippen molar-refractivity contribution in [3.63, 3.8) is 0 Å². The number of rotatable bonds is 1. The quantitative estimate of drug-likeness (QED) is 0.638. The zero-order valence-corrected chi connectivity index (χ0v) is 19.2. The molecule has 5 heterocycles. The predicted molar refractivity (Wildman–Crippen MR) is 126 cm³/mol. The molecule has 0 aliphatic carbocycles. The molecule has 1 unspecified atom stereocenters. The van der Waals surface area contributed by atoms with Crippen molar-refractivity contribution in [2.75, 3.05) is 56.7 Å². The number of ether oxygens (including phenoxy) is 2. The van der Waals surface area contributed by atoms with Crippen molar-refractivity contribution in [1.82, 2.24) is 20.2 Å². The average Bonchev–Trinajstić information content (AvgIpc) is 3.16. The maximum Gasteiger partial charge on any atom is 0.258 e. The third kappa shape index (κ3) is 4.38. The lowest BCUT2D eigenvalue weighted by Gasteiger charge is -2.37. The number of hydrogen-bond donors (Lipinski definition) is 2. The first kappa shape index (κ1) is 22.1. The number of aliphatic imine (C=N–C) groups is 1. The van der Waals surface area contributed by atoms with Crippen LogP contribution in [0.2, 0.25) is 0 Å². The van der Waals surface area contributed by atoms with E-state index in [1.54, 1.807) is 24.4 Å². The number of hydrogen-bond acceptors (Lipinski definition) is 9. The van der Waals surface area contributed by atoms with Crippen LogP contribution in [-0.2, 0) is 9.59 Å². The van der Waals surface area contributed by atoms with Crippen molar-refractivity contribution >= 4 is 35.4 Å². The smallest absolute Gasteiger partial charge is 0.258 e. The molecule has 11 nitrogen and oxygen atoms in total. The summed E-state index contributed by atoms with van der Waals surface area (Å²) < 4.78 is 11.1. The summed E-state index contributed by atoms with van der Waals surface area (Å²) >= 11 is 0. The van der Waals surface area contributed by atoms with E-state index in [0.29, 0.717) is 23.0 Å². The van der Waals surface area contributed by atoms with Crippen LogP contribution in [0.4, 0.5) is 17.3 Å². The first-order chi connectivity index (χ1) is 16.5. The van der Waals surface area contributed by atoms with Gasteiger partial charge in [0.2, 0.25) is 5.91 Å². The number of carbonyl (C=O) groups is 2. The Kier molecular flexibility index (Phi) is 6.01. The SMILES string of the molecule is COc1ccc2cc1OCC(=O)N[C@@H](C)CN1CCN(CC1)c1ncnc3c1C(C=N2)C(=O)N3. The molecule has 0 spiro atoms. The van der Waals surface area contributed by atoms with Crippen LogP contribution >= 0.6 is 0 Å². The Morgan fingerprint density at radius 3 is 2.76 bits per heavy atom. The summed E-state index contributed by atoms with van der Waals surface area (Å²) in [5, 5.41) is 5.85. The van der Waals surface area contributed by atoms with E-state index in [-0.39, 0.29) is 24.5 Å². The van der Waals surface area contributed by atoms with Crippen LogP contribution < -0.4 is 25.0 Å². The Labute approximate surface area is 197 Å². The van der Waals surface area contributed by atoms with E-state index in [4.69, 9.17) is 9.47 Å². The molecule has 1 saturated heterocycles. The van der Waals surface area contributed by atoms with Gasteiger partial charge in [0.15, 0.2) is 18.1 Å². The molecule has 0 radical (unpaired) electrons. The molecule has 1 aromatic heterocycles. The largest absolute Gasteiger partial charge is 0.493 e. The zero-order valence-electron chi connectivity index (χ0n) is 19.2. The molecule has 4 aliphatic heterocycles. The lowest BCUT2D eigenvalue weighted by Crippen LogP contribution is -2.51. The van der Waals surface area contributed by atoms with Gasteiger partial charge in [-0.1, -0.05) is 0 Å². The number of aromatic nitrogens is 2. The molecular formula is C23H27N7O4. The number of fused-ring (bicyclic) bond motifs is 7. The van der Waals surface area contributed by atoms with E-state index in [9.17, 15) is 9.59 Å². The molecule has 1 aromatic carbocycles. The van der Waals surface area contributed by atoms with Crippen molar-refractivity contribution in [3.05, 3.63) is 30.1 Å². The summed E-state index contributed by atoms with van der Waals surface area (Å²) in [4.78, 5) is 43.1. The fourth-order valence-electron chi connectivity index (χ4n) is 4.55. The van der Waals surface area contributed by atoms with Crippen molar-refractivity contribution in [3.8, 4) is 11.5 Å². The first-order valence-electron chi connectivity index (χ1n) is 11.3. The van der Waals surface area contributed by atoms with Crippen LogP contribution in [0.3, 0.4) is 0 Å². The van der Waals surface area contributed by atoms with Crippen LogP contribution in [0, 0.1) is 0 Å². The van der Waals surface area contributed by atoms with Gasteiger partial charge in [-0.3, -0.25) is 19.5 Å². The van der Waals surface area contributed by atoms with Crippen LogP contribution in [0.5, 0.6) is 11.5 Å². The second-order valence-electron chi connectivity index (χ2n) is 8.58. The second-order valence-corrected chi connectivity index (χ2v) is 8.58. The Morgan fingerprint density at radius 1 is 1.15 bits per heavy atom. The predicted octanol–water partition coefficient (Wildman–Crippen LogP) is 0.943. The molecule has 0 saturated carbocycles. The van der Waals surface area contributed by atoms with E-state index in [1.165, 1.54) is 13.4 Å². The van der Waals surface area contributed by atoms with Crippen molar-refractivity contribution in [2.24, 2.45) is 4.99 Å². The van der Waals surface area contributed by atoms with E-state index in [2.05, 4.69) is 35.4 Å². The third-order valence-electron chi connectivity index (χ3n) is 6.19. The molecule has 2 amide bonds. The fourth-order valence-corrected chi connectivity index (χ4v) is 4.55. The van der Waals surface area contributed by atoms with E-state index < -0.39 is 5.92 Å². The minimum absolute atomic E-state index is 0.0335. The van der Waals surface area contributed by atoms with E-state index in [0.717, 1.165) is 44.1 Å². The molecule has 4 bridgehead atoms. The summed E-state index contributed by atoms with van der Waals surface area (Å²) in [5.41, 5.74) is 1.32. The van der Waals surface area contributed by atoms with E-state index in [1.807, 2.05) is 6.92 Å². The van der Waals surface area contributed by atoms with Crippen LogP contribution in [0.1, 0.15) is 18.4 Å². The lowest BCUT2D eigenvalue weighted by molar-refractivity contribution is -0.123. The van der Waals surface area contributed by atoms with Gasteiger partial charge in [-0.2, -0.15) is 0 Å². The highest BCUT2D eigenvalue weighted by Crippen LogP contribution is 2.37. The molecule has 6 rings (SSSR count). The average molecular weight is 466 g/mol. The molecule has 4 aliphatic rings. The standard InChI is InChI=1S/C23H27N7O4/c1-14-11-29-5-7-30(8-6-29)22-20-16(23(32)28-21(20)25-13-26-22)10-24-15-3-4-17(33-2)18(9-15)34-12-19(31)27-14/h3-4,9-10,13-14,16H,5-8,11-12H2,1-2H3,(H,27,31)(H,25,26,28,32)/t14-,16?/m0/s1. The number of methoxy groups -OCH3 is 1. The highest BCUT2D eigenvalue weighted by molar-refractivity contribution is 6.13. The number of benzene rings is 1. The number of nitrogens with zero attached hydrogens (tertiary/aromatic N) is 5. The summed E-state index contributed by atoms with van der Waals surface area (Å²) in [5.74, 6) is 1.16. The highest BCUT2D eigenvalue weighted by Gasteiger charge is 2.36. The molecule has 2 atom stereocenters. The minimum Gasteiger partial charge on any atom is -0.493 e. The maximum absolute atomic E-state index is 12.8. The summed E-state index contributed by atoms with van der Waals surface area (Å²) in [7, 11) is 1.53. The molecule has 2 aromatic rings. The molecule has 34 heavy (non-hydrogen) atoms. The van der Waals surface area contributed by atoms with Crippen molar-refractivity contribution < 1.29 is 19.1 Å². The molecule has 2 N–H and O–H groups in total. The minimum atomic E-state index is -0.611. The van der Waals surface area contributed by atoms with Gasteiger partial charge in [-0.25, -0.2) is 9.97 Å². The number of piperazine rings is 1. The fraction of sp³-hybridized carbons (Fsp3) is 0.435. The van der Waals surface area contributed by atoms with Crippen molar-refractivity contribution in [1.29, 1.82) is 0 Å². The lowest BCUT2D eigenvalue weighted by atomic mass is 10.0. The Bertz CT molecular complexity index is 1130. The number of amides is 2. The Hall–Kier alpha value is -3.73. The maximum atomic E-state index is 12.8. The van der Waals surface area contributed by atoms with Gasteiger partial charge in [0.25, 0.3) is 5.91 Å². The number of carbonyl (C=O) groups excluding carboxylic acids is 2. The summed E-state index contributed by atoms with van der Waals surface area (Å²) in [6.45, 7) is 5.73. The number of anilines is 2. The summed E-state index contributed by atoms with van der Waals surface area (Å²) in [6.07, 6.45) is 3.09. The monoisotopic (exact) mass is 465 g/mol. The van der Waals surface area contributed by atoms with Gasteiger partial charge < -0.3 is 25.0 Å². The van der Waals surface area contributed by atoms with Gasteiger partial charge in [0.1, 0.15) is 23.9 Å². The Morgan fingerprint density at radius 2 is 1.97 bits per heavy atom. The molecule has 1 fully saturated rings. The molecule has 178 valence electrons. The van der Waals surface area contributed by atoms with E-state index >= 15 is 0 Å². The van der Waals surface area contributed by atoms with Gasteiger partial charge >= 0.3 is 0 Å². The normalized spacial score (nSPS) is 24.4. The second kappa shape index (κ2) is 9.26. The first-order valence-corrected chi connectivity index (χ1v) is 11.3.